The van der Waals surface area contributed by atoms with Gasteiger partial charge in [-0.25, -0.2) is 9.18 Å². The standard InChI is InChI=1S/C12H11FN2O2/c1-8(12(16)17)15-7-9(6-14-15)10-4-2-3-5-11(10)13/h2-8H,1H3,(H,16,17)/t8-/m1/s1. The molecule has 2 rings (SSSR count). The third-order valence-corrected chi connectivity index (χ3v) is 2.54. The maximum absolute atomic E-state index is 13.5. The van der Waals surface area contributed by atoms with Gasteiger partial charge in [-0.05, 0) is 13.0 Å². The molecule has 0 aliphatic rings. The molecule has 1 aromatic heterocycles. The Hall–Kier alpha value is -2.17. The molecule has 1 aromatic carbocycles. The highest BCUT2D eigenvalue weighted by molar-refractivity contribution is 5.71. The van der Waals surface area contributed by atoms with Gasteiger partial charge in [-0.1, -0.05) is 18.2 Å². The van der Waals surface area contributed by atoms with Crippen LogP contribution >= 0.6 is 0 Å². The summed E-state index contributed by atoms with van der Waals surface area (Å²) in [4.78, 5) is 10.8. The molecule has 4 nitrogen and oxygen atoms in total. The minimum Gasteiger partial charge on any atom is -0.480 e. The predicted molar refractivity (Wildman–Crippen MR) is 60.0 cm³/mol. The lowest BCUT2D eigenvalue weighted by Gasteiger charge is -2.05. The van der Waals surface area contributed by atoms with Crippen molar-refractivity contribution in [2.75, 3.05) is 0 Å². The van der Waals surface area contributed by atoms with Crippen LogP contribution in [-0.4, -0.2) is 20.9 Å². The van der Waals surface area contributed by atoms with E-state index in [4.69, 9.17) is 5.11 Å². The molecule has 17 heavy (non-hydrogen) atoms. The molecule has 0 aliphatic heterocycles. The van der Waals surface area contributed by atoms with Crippen molar-refractivity contribution in [3.05, 3.63) is 42.5 Å². The van der Waals surface area contributed by atoms with Gasteiger partial charge < -0.3 is 5.11 Å². The Balaban J connectivity index is 2.37. The molecule has 2 aromatic rings. The molecule has 0 unspecified atom stereocenters. The van der Waals surface area contributed by atoms with Crippen LogP contribution in [0.15, 0.2) is 36.7 Å². The van der Waals surface area contributed by atoms with Gasteiger partial charge in [0.1, 0.15) is 11.9 Å². The second-order valence-corrected chi connectivity index (χ2v) is 3.70. The van der Waals surface area contributed by atoms with E-state index in [0.29, 0.717) is 11.1 Å². The lowest BCUT2D eigenvalue weighted by atomic mass is 10.1. The van der Waals surface area contributed by atoms with E-state index in [1.54, 1.807) is 18.2 Å². The van der Waals surface area contributed by atoms with Crippen molar-refractivity contribution in [3.8, 4) is 11.1 Å². The zero-order valence-electron chi connectivity index (χ0n) is 9.17. The molecule has 5 heteroatoms. The van der Waals surface area contributed by atoms with E-state index in [9.17, 15) is 9.18 Å². The molecule has 0 saturated carbocycles. The normalized spacial score (nSPS) is 12.4. The number of nitrogens with zero attached hydrogens (tertiary/aromatic N) is 2. The van der Waals surface area contributed by atoms with E-state index in [1.165, 1.54) is 30.1 Å². The van der Waals surface area contributed by atoms with Gasteiger partial charge in [0.05, 0.1) is 6.20 Å². The van der Waals surface area contributed by atoms with Gasteiger partial charge in [0.2, 0.25) is 0 Å². The maximum atomic E-state index is 13.5. The summed E-state index contributed by atoms with van der Waals surface area (Å²) in [5, 5.41) is 12.8. The van der Waals surface area contributed by atoms with Crippen LogP contribution in [-0.2, 0) is 4.79 Å². The van der Waals surface area contributed by atoms with Crippen molar-refractivity contribution in [2.24, 2.45) is 0 Å². The van der Waals surface area contributed by atoms with Crippen molar-refractivity contribution in [3.63, 3.8) is 0 Å². The summed E-state index contributed by atoms with van der Waals surface area (Å²) < 4.78 is 14.8. The van der Waals surface area contributed by atoms with Crippen molar-refractivity contribution >= 4 is 5.97 Å². The molecule has 1 atom stereocenters. The summed E-state index contributed by atoms with van der Waals surface area (Å²) in [6, 6.07) is 5.53. The number of carboxylic acids is 1. The lowest BCUT2D eigenvalue weighted by Crippen LogP contribution is -2.15. The Morgan fingerprint density at radius 1 is 1.47 bits per heavy atom. The van der Waals surface area contributed by atoms with Crippen LogP contribution in [0.25, 0.3) is 11.1 Å². The highest BCUT2D eigenvalue weighted by Gasteiger charge is 2.15. The molecule has 1 heterocycles. The van der Waals surface area contributed by atoms with Crippen LogP contribution < -0.4 is 0 Å². The number of carbonyl (C=O) groups is 1. The van der Waals surface area contributed by atoms with E-state index in [2.05, 4.69) is 5.10 Å². The minimum atomic E-state index is -0.979. The molecule has 0 radical (unpaired) electrons. The second-order valence-electron chi connectivity index (χ2n) is 3.70. The van der Waals surface area contributed by atoms with Gasteiger partial charge in [-0.15, -0.1) is 0 Å². The van der Waals surface area contributed by atoms with Crippen molar-refractivity contribution in [1.82, 2.24) is 9.78 Å². The third-order valence-electron chi connectivity index (χ3n) is 2.54. The zero-order chi connectivity index (χ0) is 12.4. The average molecular weight is 234 g/mol. The monoisotopic (exact) mass is 234 g/mol. The Morgan fingerprint density at radius 3 is 2.82 bits per heavy atom. The van der Waals surface area contributed by atoms with Crippen LogP contribution in [0.3, 0.4) is 0 Å². The Morgan fingerprint density at radius 2 is 2.18 bits per heavy atom. The van der Waals surface area contributed by atoms with Crippen molar-refractivity contribution in [2.45, 2.75) is 13.0 Å². The summed E-state index contributed by atoms with van der Waals surface area (Å²) in [6.07, 6.45) is 2.98. The SMILES string of the molecule is C[C@H](C(=O)O)n1cc(-c2ccccc2F)cn1. The zero-order valence-corrected chi connectivity index (χ0v) is 9.17. The Bertz CT molecular complexity index is 551. The van der Waals surface area contributed by atoms with Crippen LogP contribution in [0.1, 0.15) is 13.0 Å². The minimum absolute atomic E-state index is 0.352. The van der Waals surface area contributed by atoms with Crippen LogP contribution in [0.4, 0.5) is 4.39 Å². The summed E-state index contributed by atoms with van der Waals surface area (Å²) >= 11 is 0. The summed E-state index contributed by atoms with van der Waals surface area (Å²) in [5.74, 6) is -1.33. The van der Waals surface area contributed by atoms with Crippen molar-refractivity contribution < 1.29 is 14.3 Å². The van der Waals surface area contributed by atoms with E-state index in [0.717, 1.165) is 0 Å². The van der Waals surface area contributed by atoms with Gasteiger partial charge in [0.15, 0.2) is 0 Å². The molecular formula is C12H11FN2O2. The second kappa shape index (κ2) is 4.37. The molecule has 0 aliphatic carbocycles. The summed E-state index contributed by atoms with van der Waals surface area (Å²) in [6.45, 7) is 1.51. The molecule has 0 spiro atoms. The topological polar surface area (TPSA) is 55.1 Å². The van der Waals surface area contributed by atoms with E-state index < -0.39 is 12.0 Å². The largest absolute Gasteiger partial charge is 0.480 e. The van der Waals surface area contributed by atoms with Crippen LogP contribution in [0.2, 0.25) is 0 Å². The number of halogens is 1. The number of aliphatic carboxylic acids is 1. The number of carboxylic acid groups (broad SMARTS) is 1. The molecular weight excluding hydrogens is 223 g/mol. The van der Waals surface area contributed by atoms with Crippen LogP contribution in [0, 0.1) is 5.82 Å². The molecule has 0 fully saturated rings. The van der Waals surface area contributed by atoms with Gasteiger partial charge in [-0.2, -0.15) is 5.10 Å². The first-order valence-electron chi connectivity index (χ1n) is 5.11. The number of benzene rings is 1. The average Bonchev–Trinajstić information content (AvgIpc) is 2.77. The number of hydrogen-bond acceptors (Lipinski definition) is 2. The fourth-order valence-electron chi connectivity index (χ4n) is 1.50. The van der Waals surface area contributed by atoms with Gasteiger partial charge in [0, 0.05) is 17.3 Å². The fraction of sp³-hybridized carbons (Fsp3) is 0.167. The maximum Gasteiger partial charge on any atom is 0.328 e. The Kier molecular flexibility index (Phi) is 2.91. The van der Waals surface area contributed by atoms with E-state index >= 15 is 0 Å². The number of aromatic nitrogens is 2. The van der Waals surface area contributed by atoms with Crippen LogP contribution in [0.5, 0.6) is 0 Å². The van der Waals surface area contributed by atoms with Gasteiger partial charge >= 0.3 is 5.97 Å². The molecule has 0 saturated heterocycles. The molecule has 88 valence electrons. The molecule has 1 N–H and O–H groups in total. The first-order chi connectivity index (χ1) is 8.09. The van der Waals surface area contributed by atoms with Gasteiger partial charge in [-0.3, -0.25) is 4.68 Å². The Labute approximate surface area is 97.3 Å². The number of hydrogen-bond donors (Lipinski definition) is 1. The predicted octanol–water partition coefficient (Wildman–Crippen LogP) is 2.33. The molecule has 0 amide bonds. The summed E-state index contributed by atoms with van der Waals surface area (Å²) in [5.41, 5.74) is 0.979. The first-order valence-corrected chi connectivity index (χ1v) is 5.11. The first kappa shape index (κ1) is 11.3. The smallest absolute Gasteiger partial charge is 0.328 e. The van der Waals surface area contributed by atoms with E-state index in [1.807, 2.05) is 0 Å². The quantitative estimate of drug-likeness (QED) is 0.886. The van der Waals surface area contributed by atoms with Gasteiger partial charge in [0.25, 0.3) is 0 Å². The van der Waals surface area contributed by atoms with Crippen molar-refractivity contribution in [1.29, 1.82) is 0 Å². The fourth-order valence-corrected chi connectivity index (χ4v) is 1.50. The third kappa shape index (κ3) is 2.18. The van der Waals surface area contributed by atoms with E-state index in [-0.39, 0.29) is 5.82 Å². The highest BCUT2D eigenvalue weighted by atomic mass is 19.1. The highest BCUT2D eigenvalue weighted by Crippen LogP contribution is 2.22. The number of rotatable bonds is 3. The summed E-state index contributed by atoms with van der Waals surface area (Å²) in [7, 11) is 0. The lowest BCUT2D eigenvalue weighted by molar-refractivity contribution is -0.140. The molecule has 0 bridgehead atoms.